The lowest BCUT2D eigenvalue weighted by atomic mass is 9.95. The number of nitrogens with zero attached hydrogens (tertiary/aromatic N) is 1. The van der Waals surface area contributed by atoms with Crippen LogP contribution >= 0.6 is 15.9 Å². The molecule has 2 unspecified atom stereocenters. The SMILES string of the molecule is COC1CN(C(=O)c2cccc(Br)c2C)CCC1C. The van der Waals surface area contributed by atoms with Crippen molar-refractivity contribution >= 4 is 21.8 Å². The molecule has 0 spiro atoms. The Labute approximate surface area is 123 Å². The molecule has 1 fully saturated rings. The van der Waals surface area contributed by atoms with Crippen molar-refractivity contribution in [2.45, 2.75) is 26.4 Å². The van der Waals surface area contributed by atoms with Gasteiger partial charge in [-0.15, -0.1) is 0 Å². The monoisotopic (exact) mass is 325 g/mol. The minimum Gasteiger partial charge on any atom is -0.379 e. The molecule has 1 heterocycles. The zero-order valence-corrected chi connectivity index (χ0v) is 13.2. The van der Waals surface area contributed by atoms with Gasteiger partial charge >= 0.3 is 0 Å². The van der Waals surface area contributed by atoms with Crippen molar-refractivity contribution < 1.29 is 9.53 Å². The molecule has 1 aromatic rings. The number of amides is 1. The molecule has 0 radical (unpaired) electrons. The smallest absolute Gasteiger partial charge is 0.254 e. The van der Waals surface area contributed by atoms with Gasteiger partial charge in [0.05, 0.1) is 6.10 Å². The Kier molecular flexibility index (Phi) is 4.63. The quantitative estimate of drug-likeness (QED) is 0.835. The van der Waals surface area contributed by atoms with Crippen molar-refractivity contribution in [3.63, 3.8) is 0 Å². The minimum atomic E-state index is 0.104. The van der Waals surface area contributed by atoms with E-state index in [1.807, 2.05) is 30.0 Å². The number of ether oxygens (including phenoxy) is 1. The van der Waals surface area contributed by atoms with Crippen molar-refractivity contribution in [2.24, 2.45) is 5.92 Å². The van der Waals surface area contributed by atoms with E-state index in [4.69, 9.17) is 4.74 Å². The number of carbonyl (C=O) groups is 1. The van der Waals surface area contributed by atoms with Gasteiger partial charge in [0.2, 0.25) is 0 Å². The molecule has 2 rings (SSSR count). The van der Waals surface area contributed by atoms with E-state index in [9.17, 15) is 4.79 Å². The molecule has 0 saturated carbocycles. The standard InChI is InChI=1S/C15H20BrNO2/c1-10-7-8-17(9-14(10)19-3)15(18)12-5-4-6-13(16)11(12)2/h4-6,10,14H,7-9H2,1-3H3. The summed E-state index contributed by atoms with van der Waals surface area (Å²) < 4.78 is 6.45. The van der Waals surface area contributed by atoms with E-state index >= 15 is 0 Å². The van der Waals surface area contributed by atoms with Gasteiger partial charge in [0.15, 0.2) is 0 Å². The third kappa shape index (κ3) is 3.00. The molecule has 4 heteroatoms. The molecule has 0 N–H and O–H groups in total. The average molecular weight is 326 g/mol. The second kappa shape index (κ2) is 6.06. The predicted octanol–water partition coefficient (Wildman–Crippen LogP) is 3.25. The molecule has 1 amide bonds. The summed E-state index contributed by atoms with van der Waals surface area (Å²) in [6.45, 7) is 5.65. The first-order valence-electron chi connectivity index (χ1n) is 6.61. The van der Waals surface area contributed by atoms with Crippen LogP contribution in [0.3, 0.4) is 0 Å². The molecule has 1 aromatic carbocycles. The third-order valence-electron chi connectivity index (χ3n) is 3.98. The van der Waals surface area contributed by atoms with Gasteiger partial charge in [0, 0.05) is 30.2 Å². The summed E-state index contributed by atoms with van der Waals surface area (Å²) in [5.41, 5.74) is 1.78. The molecule has 1 aliphatic heterocycles. The summed E-state index contributed by atoms with van der Waals surface area (Å²) in [5.74, 6) is 0.616. The molecule has 2 atom stereocenters. The second-order valence-corrected chi connectivity index (χ2v) is 6.06. The Hall–Kier alpha value is -0.870. The van der Waals surface area contributed by atoms with E-state index in [1.54, 1.807) is 7.11 Å². The largest absolute Gasteiger partial charge is 0.379 e. The Balaban J connectivity index is 2.18. The van der Waals surface area contributed by atoms with Gasteiger partial charge in [0.1, 0.15) is 0 Å². The molecule has 3 nitrogen and oxygen atoms in total. The van der Waals surface area contributed by atoms with E-state index in [1.165, 1.54) is 0 Å². The fraction of sp³-hybridized carbons (Fsp3) is 0.533. The molecule has 104 valence electrons. The molecule has 1 saturated heterocycles. The van der Waals surface area contributed by atoms with E-state index in [0.717, 1.165) is 28.6 Å². The lowest BCUT2D eigenvalue weighted by Crippen LogP contribution is -2.46. The Morgan fingerprint density at radius 2 is 2.21 bits per heavy atom. The summed E-state index contributed by atoms with van der Waals surface area (Å²) in [6.07, 6.45) is 1.14. The van der Waals surface area contributed by atoms with E-state index in [0.29, 0.717) is 12.5 Å². The Bertz CT molecular complexity index is 475. The van der Waals surface area contributed by atoms with Crippen LogP contribution in [0.1, 0.15) is 29.3 Å². The number of methoxy groups -OCH3 is 1. The lowest BCUT2D eigenvalue weighted by molar-refractivity contribution is -0.00159. The first kappa shape index (κ1) is 14.5. The number of likely N-dealkylation sites (tertiary alicyclic amines) is 1. The summed E-state index contributed by atoms with van der Waals surface area (Å²) in [6, 6.07) is 5.76. The topological polar surface area (TPSA) is 29.5 Å². The molecule has 0 aliphatic carbocycles. The van der Waals surface area contributed by atoms with E-state index in [-0.39, 0.29) is 12.0 Å². The van der Waals surface area contributed by atoms with Gasteiger partial charge in [-0.2, -0.15) is 0 Å². The number of halogens is 1. The van der Waals surface area contributed by atoms with Gasteiger partial charge in [-0.25, -0.2) is 0 Å². The van der Waals surface area contributed by atoms with Crippen LogP contribution in [0, 0.1) is 12.8 Å². The summed E-state index contributed by atoms with van der Waals surface area (Å²) >= 11 is 3.48. The summed E-state index contributed by atoms with van der Waals surface area (Å²) in [7, 11) is 1.72. The van der Waals surface area contributed by atoms with Gasteiger partial charge in [-0.1, -0.05) is 28.9 Å². The normalized spacial score (nSPS) is 23.5. The molecular weight excluding hydrogens is 306 g/mol. The van der Waals surface area contributed by atoms with Crippen LogP contribution in [0.4, 0.5) is 0 Å². The van der Waals surface area contributed by atoms with Crippen LogP contribution in [0.5, 0.6) is 0 Å². The molecule has 19 heavy (non-hydrogen) atoms. The second-order valence-electron chi connectivity index (χ2n) is 5.20. The fourth-order valence-electron chi connectivity index (χ4n) is 2.53. The van der Waals surface area contributed by atoms with Crippen molar-refractivity contribution in [3.8, 4) is 0 Å². The highest BCUT2D eigenvalue weighted by atomic mass is 79.9. The van der Waals surface area contributed by atoms with Crippen LogP contribution in [-0.2, 0) is 4.74 Å². The number of rotatable bonds is 2. The minimum absolute atomic E-state index is 0.104. The van der Waals surface area contributed by atoms with Crippen molar-refractivity contribution in [1.29, 1.82) is 0 Å². The zero-order valence-electron chi connectivity index (χ0n) is 11.6. The predicted molar refractivity (Wildman–Crippen MR) is 79.4 cm³/mol. The highest BCUT2D eigenvalue weighted by Crippen LogP contribution is 2.24. The number of piperidine rings is 1. The Morgan fingerprint density at radius 3 is 2.89 bits per heavy atom. The van der Waals surface area contributed by atoms with Crippen molar-refractivity contribution in [3.05, 3.63) is 33.8 Å². The van der Waals surface area contributed by atoms with Crippen LogP contribution in [0.25, 0.3) is 0 Å². The fourth-order valence-corrected chi connectivity index (χ4v) is 2.90. The summed E-state index contributed by atoms with van der Waals surface area (Å²) in [5, 5.41) is 0. The molecule has 0 bridgehead atoms. The van der Waals surface area contributed by atoms with Crippen LogP contribution < -0.4 is 0 Å². The molecule has 0 aromatic heterocycles. The number of hydrogen-bond acceptors (Lipinski definition) is 2. The highest BCUT2D eigenvalue weighted by Gasteiger charge is 2.29. The first-order chi connectivity index (χ1) is 9.04. The van der Waals surface area contributed by atoms with Crippen LogP contribution in [-0.4, -0.2) is 37.1 Å². The third-order valence-corrected chi connectivity index (χ3v) is 4.84. The average Bonchev–Trinajstić information content (AvgIpc) is 2.41. The zero-order chi connectivity index (χ0) is 14.0. The number of carbonyl (C=O) groups excluding carboxylic acids is 1. The maximum absolute atomic E-state index is 12.6. The van der Waals surface area contributed by atoms with Crippen LogP contribution in [0.2, 0.25) is 0 Å². The number of hydrogen-bond donors (Lipinski definition) is 0. The molecule has 1 aliphatic rings. The first-order valence-corrected chi connectivity index (χ1v) is 7.41. The highest BCUT2D eigenvalue weighted by molar-refractivity contribution is 9.10. The van der Waals surface area contributed by atoms with Gasteiger partial charge in [-0.05, 0) is 37.0 Å². The molecular formula is C15H20BrNO2. The van der Waals surface area contributed by atoms with Gasteiger partial charge in [-0.3, -0.25) is 4.79 Å². The number of benzene rings is 1. The lowest BCUT2D eigenvalue weighted by Gasteiger charge is -2.36. The van der Waals surface area contributed by atoms with Crippen LogP contribution in [0.15, 0.2) is 22.7 Å². The van der Waals surface area contributed by atoms with Crippen molar-refractivity contribution in [1.82, 2.24) is 4.90 Å². The van der Waals surface area contributed by atoms with Crippen molar-refractivity contribution in [2.75, 3.05) is 20.2 Å². The van der Waals surface area contributed by atoms with Gasteiger partial charge < -0.3 is 9.64 Å². The van der Waals surface area contributed by atoms with Gasteiger partial charge in [0.25, 0.3) is 5.91 Å². The summed E-state index contributed by atoms with van der Waals surface area (Å²) in [4.78, 5) is 14.5. The van der Waals surface area contributed by atoms with E-state index in [2.05, 4.69) is 22.9 Å². The van der Waals surface area contributed by atoms with E-state index < -0.39 is 0 Å². The maximum Gasteiger partial charge on any atom is 0.254 e. The maximum atomic E-state index is 12.6. The Morgan fingerprint density at radius 1 is 1.47 bits per heavy atom.